The third kappa shape index (κ3) is 2.13. The van der Waals surface area contributed by atoms with Crippen molar-refractivity contribution < 1.29 is 5.11 Å². The molecule has 2 rings (SSSR count). The SMILES string of the molecule is CCC(C)(CO)Nc1nc2ccccc2n1C. The number of rotatable bonds is 4. The van der Waals surface area contributed by atoms with Gasteiger partial charge >= 0.3 is 0 Å². The monoisotopic (exact) mass is 233 g/mol. The number of nitrogens with one attached hydrogen (secondary N) is 1. The maximum absolute atomic E-state index is 9.41. The summed E-state index contributed by atoms with van der Waals surface area (Å²) in [5.74, 6) is 0.796. The summed E-state index contributed by atoms with van der Waals surface area (Å²) < 4.78 is 2.01. The Labute approximate surface area is 101 Å². The van der Waals surface area contributed by atoms with Gasteiger partial charge in [-0.05, 0) is 25.5 Å². The molecule has 1 aromatic carbocycles. The second-order valence-corrected chi connectivity index (χ2v) is 4.68. The average molecular weight is 233 g/mol. The molecule has 0 radical (unpaired) electrons. The summed E-state index contributed by atoms with van der Waals surface area (Å²) in [5, 5.41) is 12.7. The Kier molecular flexibility index (Phi) is 3.07. The molecule has 1 aromatic heterocycles. The van der Waals surface area contributed by atoms with E-state index in [-0.39, 0.29) is 12.1 Å². The zero-order valence-corrected chi connectivity index (χ0v) is 10.6. The first-order valence-electron chi connectivity index (χ1n) is 5.90. The van der Waals surface area contributed by atoms with Gasteiger partial charge in [-0.15, -0.1) is 0 Å². The number of fused-ring (bicyclic) bond motifs is 1. The van der Waals surface area contributed by atoms with Crippen LogP contribution < -0.4 is 5.32 Å². The van der Waals surface area contributed by atoms with Crippen LogP contribution in [-0.2, 0) is 7.05 Å². The Balaban J connectivity index is 2.39. The summed E-state index contributed by atoms with van der Waals surface area (Å²) in [7, 11) is 1.98. The van der Waals surface area contributed by atoms with Crippen molar-refractivity contribution in [3.63, 3.8) is 0 Å². The van der Waals surface area contributed by atoms with Gasteiger partial charge in [-0.3, -0.25) is 0 Å². The van der Waals surface area contributed by atoms with Crippen LogP contribution in [0.15, 0.2) is 24.3 Å². The van der Waals surface area contributed by atoms with Crippen molar-refractivity contribution in [1.29, 1.82) is 0 Å². The van der Waals surface area contributed by atoms with Crippen molar-refractivity contribution in [2.75, 3.05) is 11.9 Å². The van der Waals surface area contributed by atoms with E-state index in [2.05, 4.69) is 10.3 Å². The average Bonchev–Trinajstić information content (AvgIpc) is 2.67. The van der Waals surface area contributed by atoms with Gasteiger partial charge in [-0.25, -0.2) is 4.98 Å². The number of aryl methyl sites for hydroxylation is 1. The highest BCUT2D eigenvalue weighted by Gasteiger charge is 2.22. The standard InChI is InChI=1S/C13H19N3O/c1-4-13(2,9-17)15-12-14-10-7-5-6-8-11(10)16(12)3/h5-8,17H,4,9H2,1-3H3,(H,14,15). The molecule has 0 amide bonds. The lowest BCUT2D eigenvalue weighted by Gasteiger charge is -2.27. The Morgan fingerprint density at radius 1 is 1.41 bits per heavy atom. The molecular weight excluding hydrogens is 214 g/mol. The number of anilines is 1. The molecule has 4 heteroatoms. The molecule has 4 nitrogen and oxygen atoms in total. The number of imidazole rings is 1. The molecule has 0 fully saturated rings. The number of hydrogen-bond acceptors (Lipinski definition) is 3. The van der Waals surface area contributed by atoms with Gasteiger partial charge < -0.3 is 15.0 Å². The van der Waals surface area contributed by atoms with E-state index in [1.807, 2.05) is 49.7 Å². The molecule has 0 aliphatic heterocycles. The lowest BCUT2D eigenvalue weighted by molar-refractivity contribution is 0.218. The lowest BCUT2D eigenvalue weighted by atomic mass is 10.0. The number of para-hydroxylation sites is 2. The second kappa shape index (κ2) is 4.37. The maximum Gasteiger partial charge on any atom is 0.204 e. The van der Waals surface area contributed by atoms with Crippen LogP contribution in [0.2, 0.25) is 0 Å². The molecule has 2 N–H and O–H groups in total. The lowest BCUT2D eigenvalue weighted by Crippen LogP contribution is -2.38. The van der Waals surface area contributed by atoms with E-state index in [1.165, 1.54) is 0 Å². The van der Waals surface area contributed by atoms with Crippen LogP contribution in [0.3, 0.4) is 0 Å². The van der Waals surface area contributed by atoms with Crippen LogP contribution in [0.1, 0.15) is 20.3 Å². The molecule has 0 bridgehead atoms. The number of hydrogen-bond donors (Lipinski definition) is 2. The van der Waals surface area contributed by atoms with Crippen molar-refractivity contribution in [2.24, 2.45) is 7.05 Å². The summed E-state index contributed by atoms with van der Waals surface area (Å²) in [6.45, 7) is 4.13. The Bertz CT molecular complexity index is 514. The first-order chi connectivity index (χ1) is 8.09. The Morgan fingerprint density at radius 3 is 2.71 bits per heavy atom. The summed E-state index contributed by atoms with van der Waals surface area (Å²) in [6, 6.07) is 8.00. The summed E-state index contributed by atoms with van der Waals surface area (Å²) in [4.78, 5) is 4.53. The van der Waals surface area contributed by atoms with Crippen molar-refractivity contribution in [2.45, 2.75) is 25.8 Å². The van der Waals surface area contributed by atoms with Gasteiger partial charge in [-0.2, -0.15) is 0 Å². The van der Waals surface area contributed by atoms with E-state index < -0.39 is 0 Å². The molecule has 0 spiro atoms. The van der Waals surface area contributed by atoms with Crippen molar-refractivity contribution in [1.82, 2.24) is 9.55 Å². The fraction of sp³-hybridized carbons (Fsp3) is 0.462. The smallest absolute Gasteiger partial charge is 0.204 e. The molecule has 0 aliphatic carbocycles. The molecule has 17 heavy (non-hydrogen) atoms. The molecule has 0 saturated carbocycles. The van der Waals surface area contributed by atoms with Crippen molar-refractivity contribution >= 4 is 17.0 Å². The predicted octanol–water partition coefficient (Wildman–Crippen LogP) is 2.15. The zero-order valence-electron chi connectivity index (χ0n) is 10.6. The highest BCUT2D eigenvalue weighted by molar-refractivity contribution is 5.78. The van der Waals surface area contributed by atoms with Gasteiger partial charge in [0.05, 0.1) is 23.2 Å². The highest BCUT2D eigenvalue weighted by Crippen LogP contribution is 2.21. The third-order valence-corrected chi connectivity index (χ3v) is 3.33. The molecular formula is C13H19N3O. The fourth-order valence-corrected chi connectivity index (χ4v) is 1.77. The van der Waals surface area contributed by atoms with Crippen molar-refractivity contribution in [3.8, 4) is 0 Å². The normalized spacial score (nSPS) is 14.8. The number of aromatic nitrogens is 2. The Morgan fingerprint density at radius 2 is 2.12 bits per heavy atom. The van der Waals surface area contributed by atoms with E-state index in [0.29, 0.717) is 0 Å². The van der Waals surface area contributed by atoms with Crippen LogP contribution in [0, 0.1) is 0 Å². The molecule has 0 saturated heterocycles. The van der Waals surface area contributed by atoms with Gasteiger partial charge in [0, 0.05) is 7.05 Å². The number of aliphatic hydroxyl groups excluding tert-OH is 1. The summed E-state index contributed by atoms with van der Waals surface area (Å²) >= 11 is 0. The predicted molar refractivity (Wildman–Crippen MR) is 70.1 cm³/mol. The van der Waals surface area contributed by atoms with E-state index in [9.17, 15) is 5.11 Å². The van der Waals surface area contributed by atoms with E-state index in [1.54, 1.807) is 0 Å². The largest absolute Gasteiger partial charge is 0.394 e. The number of nitrogens with zero attached hydrogens (tertiary/aromatic N) is 2. The third-order valence-electron chi connectivity index (χ3n) is 3.33. The first kappa shape index (κ1) is 11.9. The fourth-order valence-electron chi connectivity index (χ4n) is 1.77. The Hall–Kier alpha value is -1.55. The first-order valence-corrected chi connectivity index (χ1v) is 5.90. The topological polar surface area (TPSA) is 50.1 Å². The summed E-state index contributed by atoms with van der Waals surface area (Å²) in [5.41, 5.74) is 1.73. The van der Waals surface area contributed by atoms with Crippen LogP contribution in [-0.4, -0.2) is 26.8 Å². The minimum Gasteiger partial charge on any atom is -0.394 e. The molecule has 1 heterocycles. The molecule has 1 atom stereocenters. The van der Waals surface area contributed by atoms with Gasteiger partial charge in [0.2, 0.25) is 5.95 Å². The van der Waals surface area contributed by atoms with Gasteiger partial charge in [0.1, 0.15) is 0 Å². The maximum atomic E-state index is 9.41. The molecule has 2 aromatic rings. The zero-order chi connectivity index (χ0) is 12.5. The highest BCUT2D eigenvalue weighted by atomic mass is 16.3. The molecule has 1 unspecified atom stereocenters. The molecule has 0 aliphatic rings. The summed E-state index contributed by atoms with van der Waals surface area (Å²) in [6.07, 6.45) is 0.840. The molecule has 92 valence electrons. The quantitative estimate of drug-likeness (QED) is 0.850. The minimum absolute atomic E-state index is 0.0900. The van der Waals surface area contributed by atoms with Crippen molar-refractivity contribution in [3.05, 3.63) is 24.3 Å². The van der Waals surface area contributed by atoms with E-state index in [4.69, 9.17) is 0 Å². The van der Waals surface area contributed by atoms with E-state index in [0.717, 1.165) is 23.4 Å². The second-order valence-electron chi connectivity index (χ2n) is 4.68. The van der Waals surface area contributed by atoms with Gasteiger partial charge in [0.15, 0.2) is 0 Å². The minimum atomic E-state index is -0.324. The van der Waals surface area contributed by atoms with Gasteiger partial charge in [-0.1, -0.05) is 19.1 Å². The van der Waals surface area contributed by atoms with Crippen LogP contribution >= 0.6 is 0 Å². The van der Waals surface area contributed by atoms with Gasteiger partial charge in [0.25, 0.3) is 0 Å². The van der Waals surface area contributed by atoms with Crippen LogP contribution in [0.4, 0.5) is 5.95 Å². The number of benzene rings is 1. The van der Waals surface area contributed by atoms with E-state index >= 15 is 0 Å². The van der Waals surface area contributed by atoms with Crippen LogP contribution in [0.25, 0.3) is 11.0 Å². The van der Waals surface area contributed by atoms with Crippen LogP contribution in [0.5, 0.6) is 0 Å². The number of aliphatic hydroxyl groups is 1.